The Bertz CT molecular complexity index is 149. The lowest BCUT2D eigenvalue weighted by Gasteiger charge is -2.06. The number of rotatable bonds is 8. The van der Waals surface area contributed by atoms with Gasteiger partial charge in [-0.2, -0.15) is 0 Å². The Labute approximate surface area is 85.9 Å². The van der Waals surface area contributed by atoms with Gasteiger partial charge in [-0.15, -0.1) is 0 Å². The quantitative estimate of drug-likeness (QED) is 0.498. The van der Waals surface area contributed by atoms with Gasteiger partial charge in [0.25, 0.3) is 0 Å². The van der Waals surface area contributed by atoms with Crippen molar-refractivity contribution in [3.05, 3.63) is 0 Å². The van der Waals surface area contributed by atoms with Gasteiger partial charge in [-0.05, 0) is 26.3 Å². The molecule has 0 saturated heterocycles. The zero-order valence-electron chi connectivity index (χ0n) is 8.96. The largest absolute Gasteiger partial charge is 0.392 e. The first kappa shape index (κ1) is 13.4. The van der Waals surface area contributed by atoms with Crippen LogP contribution in [0, 0.1) is 0 Å². The SMILES string of the molecule is CC(O)CNC(=O)CCCCCCN. The molecule has 0 radical (unpaired) electrons. The van der Waals surface area contributed by atoms with Crippen molar-refractivity contribution in [3.8, 4) is 0 Å². The summed E-state index contributed by atoms with van der Waals surface area (Å²) in [6.45, 7) is 2.73. The summed E-state index contributed by atoms with van der Waals surface area (Å²) in [4.78, 5) is 11.1. The van der Waals surface area contributed by atoms with Crippen LogP contribution in [0.15, 0.2) is 0 Å². The zero-order chi connectivity index (χ0) is 10.8. The summed E-state index contributed by atoms with van der Waals surface area (Å²) in [5.41, 5.74) is 5.34. The van der Waals surface area contributed by atoms with Crippen LogP contribution < -0.4 is 11.1 Å². The van der Waals surface area contributed by atoms with E-state index in [1.54, 1.807) is 6.92 Å². The Morgan fingerprint density at radius 3 is 2.57 bits per heavy atom. The third-order valence-corrected chi connectivity index (χ3v) is 1.95. The Morgan fingerprint density at radius 2 is 2.00 bits per heavy atom. The van der Waals surface area contributed by atoms with Crippen molar-refractivity contribution >= 4 is 5.91 Å². The summed E-state index contributed by atoms with van der Waals surface area (Å²) in [7, 11) is 0. The molecular formula is C10H22N2O2. The minimum atomic E-state index is -0.462. The van der Waals surface area contributed by atoms with Crippen molar-refractivity contribution in [2.24, 2.45) is 5.73 Å². The number of aliphatic hydroxyl groups is 1. The molecule has 0 spiro atoms. The second-order valence-electron chi connectivity index (χ2n) is 3.61. The summed E-state index contributed by atoms with van der Waals surface area (Å²) in [6, 6.07) is 0. The molecule has 0 bridgehead atoms. The third-order valence-electron chi connectivity index (χ3n) is 1.95. The molecule has 4 heteroatoms. The first-order chi connectivity index (χ1) is 6.66. The Morgan fingerprint density at radius 1 is 1.36 bits per heavy atom. The van der Waals surface area contributed by atoms with Gasteiger partial charge < -0.3 is 16.2 Å². The molecule has 4 N–H and O–H groups in total. The average molecular weight is 202 g/mol. The van der Waals surface area contributed by atoms with E-state index in [-0.39, 0.29) is 5.91 Å². The maximum Gasteiger partial charge on any atom is 0.220 e. The number of carbonyl (C=O) groups excluding carboxylic acids is 1. The van der Waals surface area contributed by atoms with Gasteiger partial charge in [-0.3, -0.25) is 4.79 Å². The number of hydrogen-bond donors (Lipinski definition) is 3. The summed E-state index contributed by atoms with van der Waals surface area (Å²) >= 11 is 0. The molecule has 0 aromatic heterocycles. The lowest BCUT2D eigenvalue weighted by molar-refractivity contribution is -0.121. The molecule has 1 unspecified atom stereocenters. The number of unbranched alkanes of at least 4 members (excludes halogenated alkanes) is 3. The molecule has 0 aliphatic rings. The van der Waals surface area contributed by atoms with Crippen molar-refractivity contribution in [1.29, 1.82) is 0 Å². The van der Waals surface area contributed by atoms with E-state index >= 15 is 0 Å². The molecule has 0 fully saturated rings. The predicted octanol–water partition coefficient (Wildman–Crippen LogP) is 0.393. The fourth-order valence-corrected chi connectivity index (χ4v) is 1.13. The number of aliphatic hydroxyl groups excluding tert-OH is 1. The molecule has 14 heavy (non-hydrogen) atoms. The van der Waals surface area contributed by atoms with Crippen LogP contribution >= 0.6 is 0 Å². The lowest BCUT2D eigenvalue weighted by atomic mass is 10.1. The van der Waals surface area contributed by atoms with Gasteiger partial charge in [0.1, 0.15) is 0 Å². The van der Waals surface area contributed by atoms with Gasteiger partial charge in [0, 0.05) is 13.0 Å². The van der Waals surface area contributed by atoms with Crippen LogP contribution in [0.25, 0.3) is 0 Å². The van der Waals surface area contributed by atoms with Crippen molar-refractivity contribution in [3.63, 3.8) is 0 Å². The maximum atomic E-state index is 11.1. The average Bonchev–Trinajstić information content (AvgIpc) is 2.14. The fraction of sp³-hybridized carbons (Fsp3) is 0.900. The standard InChI is InChI=1S/C10H22N2O2/c1-9(13)8-12-10(14)6-4-2-3-5-7-11/h9,13H,2-8,11H2,1H3,(H,12,14). The normalized spacial score (nSPS) is 12.5. The van der Waals surface area contributed by atoms with Crippen LogP contribution in [0.1, 0.15) is 39.0 Å². The molecule has 0 aromatic rings. The Hall–Kier alpha value is -0.610. The lowest BCUT2D eigenvalue weighted by Crippen LogP contribution is -2.30. The smallest absolute Gasteiger partial charge is 0.220 e. The number of carbonyl (C=O) groups is 1. The van der Waals surface area contributed by atoms with Gasteiger partial charge in [0.05, 0.1) is 6.10 Å². The van der Waals surface area contributed by atoms with Crippen molar-refractivity contribution in [2.75, 3.05) is 13.1 Å². The highest BCUT2D eigenvalue weighted by Crippen LogP contribution is 2.01. The van der Waals surface area contributed by atoms with E-state index in [4.69, 9.17) is 10.8 Å². The molecule has 0 rings (SSSR count). The number of amides is 1. The predicted molar refractivity (Wildman–Crippen MR) is 56.8 cm³/mol. The summed E-state index contributed by atoms with van der Waals surface area (Å²) in [6.07, 6.45) is 4.19. The number of nitrogens with two attached hydrogens (primary N) is 1. The van der Waals surface area contributed by atoms with Crippen LogP contribution in [-0.2, 0) is 4.79 Å². The van der Waals surface area contributed by atoms with E-state index in [1.807, 2.05) is 0 Å². The van der Waals surface area contributed by atoms with Gasteiger partial charge in [-0.1, -0.05) is 12.8 Å². The fourth-order valence-electron chi connectivity index (χ4n) is 1.13. The zero-order valence-corrected chi connectivity index (χ0v) is 8.96. The van der Waals surface area contributed by atoms with Crippen molar-refractivity contribution in [2.45, 2.75) is 45.1 Å². The highest BCUT2D eigenvalue weighted by atomic mass is 16.3. The highest BCUT2D eigenvalue weighted by Gasteiger charge is 2.01. The molecule has 0 saturated carbocycles. The molecule has 0 aliphatic carbocycles. The minimum absolute atomic E-state index is 0.0265. The van der Waals surface area contributed by atoms with Gasteiger partial charge in [0.15, 0.2) is 0 Å². The van der Waals surface area contributed by atoms with Crippen LogP contribution in [0.2, 0.25) is 0 Å². The highest BCUT2D eigenvalue weighted by molar-refractivity contribution is 5.75. The maximum absolute atomic E-state index is 11.1. The number of hydrogen-bond acceptors (Lipinski definition) is 3. The van der Waals surface area contributed by atoms with Gasteiger partial charge >= 0.3 is 0 Å². The van der Waals surface area contributed by atoms with Crippen LogP contribution in [0.4, 0.5) is 0 Å². The molecule has 4 nitrogen and oxygen atoms in total. The second-order valence-corrected chi connectivity index (χ2v) is 3.61. The minimum Gasteiger partial charge on any atom is -0.392 e. The van der Waals surface area contributed by atoms with Crippen LogP contribution in [0.5, 0.6) is 0 Å². The molecule has 1 atom stereocenters. The molecule has 0 heterocycles. The van der Waals surface area contributed by atoms with E-state index in [1.165, 1.54) is 0 Å². The molecular weight excluding hydrogens is 180 g/mol. The Kier molecular flexibility index (Phi) is 8.57. The van der Waals surface area contributed by atoms with Gasteiger partial charge in [0.2, 0.25) is 5.91 Å². The van der Waals surface area contributed by atoms with Crippen LogP contribution in [-0.4, -0.2) is 30.2 Å². The monoisotopic (exact) mass is 202 g/mol. The first-order valence-corrected chi connectivity index (χ1v) is 5.31. The summed E-state index contributed by atoms with van der Waals surface area (Å²) in [5, 5.41) is 11.6. The number of nitrogens with one attached hydrogen (secondary N) is 1. The van der Waals surface area contributed by atoms with E-state index in [9.17, 15) is 4.79 Å². The molecule has 84 valence electrons. The van der Waals surface area contributed by atoms with Crippen molar-refractivity contribution < 1.29 is 9.90 Å². The summed E-state index contributed by atoms with van der Waals surface area (Å²) < 4.78 is 0. The Balaban J connectivity index is 3.18. The molecule has 1 amide bonds. The van der Waals surface area contributed by atoms with Gasteiger partial charge in [-0.25, -0.2) is 0 Å². The topological polar surface area (TPSA) is 75.3 Å². The van der Waals surface area contributed by atoms with E-state index in [0.29, 0.717) is 13.0 Å². The first-order valence-electron chi connectivity index (χ1n) is 5.31. The molecule has 0 aliphatic heterocycles. The van der Waals surface area contributed by atoms with Crippen LogP contribution in [0.3, 0.4) is 0 Å². The second kappa shape index (κ2) is 8.97. The van der Waals surface area contributed by atoms with E-state index in [0.717, 1.165) is 32.2 Å². The van der Waals surface area contributed by atoms with E-state index < -0.39 is 6.10 Å². The molecule has 0 aromatic carbocycles. The third kappa shape index (κ3) is 9.48. The van der Waals surface area contributed by atoms with Crippen molar-refractivity contribution in [1.82, 2.24) is 5.32 Å². The van der Waals surface area contributed by atoms with E-state index in [2.05, 4.69) is 5.32 Å². The summed E-state index contributed by atoms with van der Waals surface area (Å²) in [5.74, 6) is 0.0265.